The molecule has 1 heterocycles. The van der Waals surface area contributed by atoms with Gasteiger partial charge >= 0.3 is 0 Å². The van der Waals surface area contributed by atoms with E-state index in [-0.39, 0.29) is 12.5 Å². The van der Waals surface area contributed by atoms with Gasteiger partial charge in [0, 0.05) is 25.2 Å². The van der Waals surface area contributed by atoms with E-state index in [1.54, 1.807) is 42.7 Å². The summed E-state index contributed by atoms with van der Waals surface area (Å²) in [5.74, 6) is 0.141. The maximum atomic E-state index is 12.2. The van der Waals surface area contributed by atoms with Crippen LogP contribution in [0.2, 0.25) is 0 Å². The lowest BCUT2D eigenvalue weighted by Gasteiger charge is -2.29. The number of carbonyl (C=O) groups excluding carboxylic acids is 1. The Balaban J connectivity index is 2.08. The standard InChI is InChI=1S/C23H26N4O3S/c1-15(2)17-6-8-22(9-7-17)27(31(29)30)23-11-18(4-5-19(23)12-24)20-10-21(14-25-13-20)26-16(3)28/h4-11,13-15H,12,24H2,1-3H3,(H,26,28)(H,29,30)/p-1. The highest BCUT2D eigenvalue weighted by atomic mass is 32.2. The Labute approximate surface area is 184 Å². The van der Waals surface area contributed by atoms with Crippen LogP contribution in [0.3, 0.4) is 0 Å². The zero-order chi connectivity index (χ0) is 22.5. The molecule has 3 aromatic rings. The molecule has 162 valence electrons. The van der Waals surface area contributed by atoms with Gasteiger partial charge in [-0.1, -0.05) is 38.1 Å². The molecule has 0 fully saturated rings. The highest BCUT2D eigenvalue weighted by Gasteiger charge is 2.16. The molecule has 0 saturated carbocycles. The monoisotopic (exact) mass is 437 g/mol. The topological polar surface area (TPSA) is 111 Å². The van der Waals surface area contributed by atoms with Gasteiger partial charge in [0.1, 0.15) is 0 Å². The van der Waals surface area contributed by atoms with E-state index in [0.29, 0.717) is 28.5 Å². The summed E-state index contributed by atoms with van der Waals surface area (Å²) in [6.07, 6.45) is 3.21. The van der Waals surface area contributed by atoms with Crippen molar-refractivity contribution < 1.29 is 13.6 Å². The van der Waals surface area contributed by atoms with Crippen molar-refractivity contribution in [3.05, 3.63) is 72.1 Å². The lowest BCUT2D eigenvalue weighted by atomic mass is 10.0. The number of pyridine rings is 1. The number of nitrogens with one attached hydrogen (secondary N) is 1. The van der Waals surface area contributed by atoms with Crippen LogP contribution in [0.1, 0.15) is 37.8 Å². The number of benzene rings is 2. The van der Waals surface area contributed by atoms with Gasteiger partial charge in [-0.3, -0.25) is 18.3 Å². The molecule has 2 aromatic carbocycles. The average molecular weight is 438 g/mol. The summed E-state index contributed by atoms with van der Waals surface area (Å²) in [6, 6.07) is 14.6. The molecule has 1 atom stereocenters. The minimum absolute atomic E-state index is 0.178. The molecule has 3 N–H and O–H groups in total. The predicted molar refractivity (Wildman–Crippen MR) is 123 cm³/mol. The van der Waals surface area contributed by atoms with E-state index >= 15 is 0 Å². The van der Waals surface area contributed by atoms with Gasteiger partial charge in [-0.05, 0) is 46.9 Å². The van der Waals surface area contributed by atoms with Crippen LogP contribution in [0.25, 0.3) is 11.1 Å². The Morgan fingerprint density at radius 3 is 2.42 bits per heavy atom. The van der Waals surface area contributed by atoms with Crippen LogP contribution >= 0.6 is 0 Å². The quantitative estimate of drug-likeness (QED) is 0.538. The van der Waals surface area contributed by atoms with E-state index < -0.39 is 11.3 Å². The first-order chi connectivity index (χ1) is 14.8. The van der Waals surface area contributed by atoms with E-state index in [9.17, 15) is 13.6 Å². The fraction of sp³-hybridized carbons (Fsp3) is 0.217. The van der Waals surface area contributed by atoms with Gasteiger partial charge in [0.05, 0.1) is 34.5 Å². The Hall–Kier alpha value is -3.07. The second-order valence-electron chi connectivity index (χ2n) is 7.45. The molecule has 3 rings (SSSR count). The molecule has 0 aliphatic heterocycles. The summed E-state index contributed by atoms with van der Waals surface area (Å²) < 4.78 is 25.7. The van der Waals surface area contributed by atoms with Crippen LogP contribution in [-0.2, 0) is 22.6 Å². The maximum Gasteiger partial charge on any atom is 0.221 e. The molecule has 7 nitrogen and oxygen atoms in total. The van der Waals surface area contributed by atoms with Crippen molar-refractivity contribution in [2.75, 3.05) is 9.62 Å². The molecular weight excluding hydrogens is 412 g/mol. The minimum Gasteiger partial charge on any atom is -0.755 e. The molecule has 0 bridgehead atoms. The molecule has 0 aliphatic rings. The number of hydrogen-bond acceptors (Lipinski definition) is 5. The zero-order valence-corrected chi connectivity index (χ0v) is 18.5. The largest absolute Gasteiger partial charge is 0.755 e. The molecule has 1 amide bonds. The number of carbonyl (C=O) groups is 1. The van der Waals surface area contributed by atoms with E-state index in [0.717, 1.165) is 16.7 Å². The van der Waals surface area contributed by atoms with Crippen LogP contribution in [-0.4, -0.2) is 19.7 Å². The van der Waals surface area contributed by atoms with Gasteiger partial charge in [-0.15, -0.1) is 0 Å². The highest BCUT2D eigenvalue weighted by Crippen LogP contribution is 2.34. The van der Waals surface area contributed by atoms with E-state index in [4.69, 9.17) is 5.73 Å². The van der Waals surface area contributed by atoms with Crippen LogP contribution in [0.5, 0.6) is 0 Å². The molecule has 0 saturated heterocycles. The number of aromatic nitrogens is 1. The normalized spacial score (nSPS) is 11.9. The summed E-state index contributed by atoms with van der Waals surface area (Å²) in [4.78, 5) is 15.5. The van der Waals surface area contributed by atoms with E-state index in [1.165, 1.54) is 11.2 Å². The first-order valence-electron chi connectivity index (χ1n) is 9.85. The Morgan fingerprint density at radius 1 is 1.13 bits per heavy atom. The number of nitrogens with two attached hydrogens (primary N) is 1. The SMILES string of the molecule is CC(=O)Nc1cncc(-c2ccc(CN)c(N(c3ccc(C(C)C)cc3)S(=O)[O-])c2)c1. The second-order valence-corrected chi connectivity index (χ2v) is 8.25. The summed E-state index contributed by atoms with van der Waals surface area (Å²) in [6.45, 7) is 5.76. The number of amides is 1. The number of rotatable bonds is 7. The Kier molecular flexibility index (Phi) is 7.17. The molecule has 8 heteroatoms. The summed E-state index contributed by atoms with van der Waals surface area (Å²) in [5.41, 5.74) is 10.8. The van der Waals surface area contributed by atoms with Gasteiger partial charge in [-0.2, -0.15) is 0 Å². The molecule has 0 spiro atoms. The van der Waals surface area contributed by atoms with E-state index in [2.05, 4.69) is 24.1 Å². The van der Waals surface area contributed by atoms with Crippen molar-refractivity contribution in [1.82, 2.24) is 4.98 Å². The summed E-state index contributed by atoms with van der Waals surface area (Å²) in [7, 11) is 0. The average Bonchev–Trinajstić information content (AvgIpc) is 2.73. The number of anilines is 3. The van der Waals surface area contributed by atoms with Gasteiger partial charge < -0.3 is 15.6 Å². The molecular formula is C23H25N4O3S-. The van der Waals surface area contributed by atoms with Gasteiger partial charge in [0.2, 0.25) is 5.91 Å². The van der Waals surface area contributed by atoms with Crippen LogP contribution in [0.4, 0.5) is 17.1 Å². The molecule has 0 aliphatic carbocycles. The molecule has 1 unspecified atom stereocenters. The fourth-order valence-corrected chi connectivity index (χ4v) is 3.90. The third-order valence-electron chi connectivity index (χ3n) is 4.86. The Bertz CT molecular complexity index is 1100. The molecule has 31 heavy (non-hydrogen) atoms. The van der Waals surface area contributed by atoms with Gasteiger partial charge in [0.25, 0.3) is 0 Å². The number of hydrogen-bond donors (Lipinski definition) is 2. The predicted octanol–water partition coefficient (Wildman–Crippen LogP) is 4.22. The van der Waals surface area contributed by atoms with Crippen LogP contribution < -0.4 is 15.4 Å². The number of nitrogens with zero attached hydrogens (tertiary/aromatic N) is 2. The zero-order valence-electron chi connectivity index (χ0n) is 17.7. The maximum absolute atomic E-state index is 12.2. The van der Waals surface area contributed by atoms with Crippen molar-refractivity contribution in [1.29, 1.82) is 0 Å². The third kappa shape index (κ3) is 5.35. The van der Waals surface area contributed by atoms with Crippen LogP contribution in [0, 0.1) is 0 Å². The van der Waals surface area contributed by atoms with Gasteiger partial charge in [0.15, 0.2) is 0 Å². The summed E-state index contributed by atoms with van der Waals surface area (Å²) >= 11 is -2.56. The lowest BCUT2D eigenvalue weighted by molar-refractivity contribution is -0.114. The first kappa shape index (κ1) is 22.6. The first-order valence-corrected chi connectivity index (χ1v) is 10.9. The van der Waals surface area contributed by atoms with Crippen LogP contribution in [0.15, 0.2) is 60.9 Å². The lowest BCUT2D eigenvalue weighted by Crippen LogP contribution is -2.21. The smallest absolute Gasteiger partial charge is 0.221 e. The summed E-state index contributed by atoms with van der Waals surface area (Å²) in [5, 5.41) is 2.70. The molecule has 0 radical (unpaired) electrons. The van der Waals surface area contributed by atoms with Crippen molar-refractivity contribution in [3.63, 3.8) is 0 Å². The third-order valence-corrected chi connectivity index (χ3v) is 5.56. The fourth-order valence-electron chi connectivity index (χ4n) is 3.27. The molecule has 1 aromatic heterocycles. The van der Waals surface area contributed by atoms with Gasteiger partial charge in [-0.25, -0.2) is 0 Å². The van der Waals surface area contributed by atoms with Crippen molar-refractivity contribution >= 4 is 34.2 Å². The van der Waals surface area contributed by atoms with Crippen molar-refractivity contribution in [3.8, 4) is 11.1 Å². The highest BCUT2D eigenvalue weighted by molar-refractivity contribution is 7.81. The second kappa shape index (κ2) is 9.82. The minimum atomic E-state index is -2.56. The van der Waals surface area contributed by atoms with Crippen molar-refractivity contribution in [2.45, 2.75) is 33.2 Å². The Morgan fingerprint density at radius 2 is 1.84 bits per heavy atom. The van der Waals surface area contributed by atoms with E-state index in [1.807, 2.05) is 18.2 Å². The van der Waals surface area contributed by atoms with Crippen molar-refractivity contribution in [2.24, 2.45) is 5.73 Å².